The van der Waals surface area contributed by atoms with E-state index in [1.54, 1.807) is 0 Å². The van der Waals surface area contributed by atoms with Crippen LogP contribution in [0.25, 0.3) is 0 Å². The van der Waals surface area contributed by atoms with Gasteiger partial charge in [0.15, 0.2) is 0 Å². The van der Waals surface area contributed by atoms with Gasteiger partial charge in [0.2, 0.25) is 0 Å². The minimum atomic E-state index is -5.02. The van der Waals surface area contributed by atoms with Crippen LogP contribution in [0, 0.1) is 0 Å². The Kier molecular flexibility index (Phi) is 74.4. The average Bonchev–Trinajstić information content (AvgIpc) is 0.798. The fourth-order valence-corrected chi connectivity index (χ4v) is 14.7. The van der Waals surface area contributed by atoms with E-state index in [1.807, 2.05) is 0 Å². The first-order chi connectivity index (χ1) is 52.6. The standard InChI is InChI=1S/2C46H78O7S.Ca/c2*1-3-5-7-9-11-13-15-17-19-21-23-25-27-29-31-33-35-40-52-45(47)42-38-37-39-43(54(49,50)51)44(42)46(48)53-41-36-34-32-30-28-26-24-22-20-18-16-14-12-10-8-6-4-2;/h2*19-22,37-39H,3-18,23-36,40-41H2,1-2H3,(H,49,50,51);/q;;+2/p-2/b2*21-19+,22-20+;. The van der Waals surface area contributed by atoms with Crippen molar-refractivity contribution in [1.82, 2.24) is 0 Å². The fourth-order valence-electron chi connectivity index (χ4n) is 13.3. The molecule has 0 atom stereocenters. The fraction of sp³-hybridized carbons (Fsp3) is 0.739. The molecule has 0 aliphatic carbocycles. The molecule has 0 bridgehead atoms. The number of carbonyl (C=O) groups excluding carboxylic acids is 4. The van der Waals surface area contributed by atoms with Crippen LogP contribution in [0.4, 0.5) is 0 Å². The van der Waals surface area contributed by atoms with Gasteiger partial charge >= 0.3 is 61.6 Å². The zero-order chi connectivity index (χ0) is 78.8. The Bertz CT molecular complexity index is 2670. The molecule has 620 valence electrons. The van der Waals surface area contributed by atoms with Crippen molar-refractivity contribution < 1.29 is 64.1 Å². The van der Waals surface area contributed by atoms with Gasteiger partial charge in [0, 0.05) is 0 Å². The van der Waals surface area contributed by atoms with Crippen molar-refractivity contribution in [3.63, 3.8) is 0 Å². The maximum Gasteiger partial charge on any atom is 2.00 e. The zero-order valence-electron chi connectivity index (χ0n) is 69.6. The van der Waals surface area contributed by atoms with Crippen molar-refractivity contribution in [1.29, 1.82) is 0 Å². The zero-order valence-corrected chi connectivity index (χ0v) is 73.4. The van der Waals surface area contributed by atoms with Crippen molar-refractivity contribution in [2.75, 3.05) is 26.4 Å². The molecule has 17 heteroatoms. The van der Waals surface area contributed by atoms with Crippen LogP contribution in [0.1, 0.15) is 454 Å². The van der Waals surface area contributed by atoms with Gasteiger partial charge in [-0.05, 0) is 153 Å². The molecule has 0 unspecified atom stereocenters. The van der Waals surface area contributed by atoms with E-state index in [0.29, 0.717) is 25.7 Å². The summed E-state index contributed by atoms with van der Waals surface area (Å²) < 4.78 is 93.4. The third-order valence-electron chi connectivity index (χ3n) is 20.0. The minimum Gasteiger partial charge on any atom is -0.744 e. The Morgan fingerprint density at radius 2 is 0.422 bits per heavy atom. The number of hydrogen-bond donors (Lipinski definition) is 0. The van der Waals surface area contributed by atoms with Gasteiger partial charge in [0.1, 0.15) is 20.2 Å². The predicted molar refractivity (Wildman–Crippen MR) is 452 cm³/mol. The molecule has 109 heavy (non-hydrogen) atoms. The molecule has 0 spiro atoms. The molecule has 0 aliphatic rings. The molecular formula is C92H154CaO14S2. The summed E-state index contributed by atoms with van der Waals surface area (Å²) in [4.78, 5) is 50.3. The summed E-state index contributed by atoms with van der Waals surface area (Å²) in [6, 6.07) is 7.23. The van der Waals surface area contributed by atoms with Crippen molar-refractivity contribution in [2.45, 2.75) is 423 Å². The molecule has 14 nitrogen and oxygen atoms in total. The molecular weight excluding hydrogens is 1430 g/mol. The van der Waals surface area contributed by atoms with Gasteiger partial charge < -0.3 is 28.1 Å². The maximum absolute atomic E-state index is 13.0. The molecule has 0 N–H and O–H groups in total. The van der Waals surface area contributed by atoms with Crippen LogP contribution >= 0.6 is 0 Å². The van der Waals surface area contributed by atoms with E-state index in [4.69, 9.17) is 18.9 Å². The largest absolute Gasteiger partial charge is 2.00 e. The maximum atomic E-state index is 13.0. The number of hydrogen-bond acceptors (Lipinski definition) is 14. The molecule has 0 aromatic heterocycles. The molecule has 2 aromatic rings. The van der Waals surface area contributed by atoms with Crippen molar-refractivity contribution in [3.05, 3.63) is 107 Å². The van der Waals surface area contributed by atoms with Crippen molar-refractivity contribution >= 4 is 81.9 Å². The van der Waals surface area contributed by atoms with Gasteiger partial charge in [0.05, 0.1) is 58.5 Å². The van der Waals surface area contributed by atoms with Crippen LogP contribution in [0.15, 0.2) is 94.8 Å². The van der Waals surface area contributed by atoms with E-state index in [9.17, 15) is 45.1 Å². The minimum absolute atomic E-state index is 0. The molecule has 0 saturated carbocycles. The number of esters is 4. The quantitative estimate of drug-likeness (QED) is 0.0150. The molecule has 0 fully saturated rings. The van der Waals surface area contributed by atoms with Gasteiger partial charge in [0.25, 0.3) is 0 Å². The molecule has 0 amide bonds. The smallest absolute Gasteiger partial charge is 0.744 e. The third-order valence-corrected chi connectivity index (χ3v) is 21.8. The Balaban J connectivity index is 0.00000212. The molecule has 0 saturated heterocycles. The van der Waals surface area contributed by atoms with Crippen LogP contribution in [-0.4, -0.2) is 114 Å². The summed E-state index contributed by atoms with van der Waals surface area (Å²) >= 11 is 0. The Hall–Kier alpha value is -3.64. The first kappa shape index (κ1) is 105. The molecule has 0 aliphatic heterocycles. The monoisotopic (exact) mass is 1590 g/mol. The van der Waals surface area contributed by atoms with E-state index in [2.05, 4.69) is 76.3 Å². The number of rotatable bonds is 74. The van der Waals surface area contributed by atoms with Crippen LogP contribution < -0.4 is 0 Å². The average molecular weight is 1590 g/mol. The van der Waals surface area contributed by atoms with E-state index >= 15 is 0 Å². The topological polar surface area (TPSA) is 220 Å². The van der Waals surface area contributed by atoms with Crippen molar-refractivity contribution in [2.24, 2.45) is 0 Å². The van der Waals surface area contributed by atoms with Gasteiger partial charge in [-0.3, -0.25) is 0 Å². The van der Waals surface area contributed by atoms with Crippen LogP contribution in [-0.2, 0) is 39.2 Å². The number of ether oxygens (including phenoxy) is 4. The van der Waals surface area contributed by atoms with E-state index in [-0.39, 0.29) is 75.3 Å². The molecule has 0 heterocycles. The first-order valence-electron chi connectivity index (χ1n) is 44.1. The Labute approximate surface area is 696 Å². The van der Waals surface area contributed by atoms with Gasteiger partial charge in [-0.2, -0.15) is 0 Å². The molecule has 2 rings (SSSR count). The second-order valence-corrected chi connectivity index (χ2v) is 32.7. The van der Waals surface area contributed by atoms with Gasteiger partial charge in [-0.15, -0.1) is 0 Å². The van der Waals surface area contributed by atoms with Crippen molar-refractivity contribution in [3.8, 4) is 0 Å². The first-order valence-corrected chi connectivity index (χ1v) is 46.9. The predicted octanol–water partition coefficient (Wildman–Crippen LogP) is 27.1. The van der Waals surface area contributed by atoms with Gasteiger partial charge in [-0.25, -0.2) is 36.0 Å². The number of allylic oxidation sites excluding steroid dienone is 8. The third kappa shape index (κ3) is 62.4. The Morgan fingerprint density at radius 3 is 0.606 bits per heavy atom. The van der Waals surface area contributed by atoms with E-state index in [0.717, 1.165) is 128 Å². The summed E-state index contributed by atoms with van der Waals surface area (Å²) in [5.74, 6) is -3.65. The summed E-state index contributed by atoms with van der Waals surface area (Å²) in [7, 11) is -10.0. The molecule has 2 aromatic carbocycles. The van der Waals surface area contributed by atoms with E-state index < -0.39 is 65.0 Å². The number of carbonyl (C=O) groups is 4. The van der Waals surface area contributed by atoms with E-state index in [1.165, 1.54) is 268 Å². The summed E-state index contributed by atoms with van der Waals surface area (Å²) in [5.41, 5.74) is -1.58. The second kappa shape index (κ2) is 77.0. The normalized spacial score (nSPS) is 11.8. The second-order valence-electron chi connectivity index (χ2n) is 30.0. The van der Waals surface area contributed by atoms with Crippen LogP contribution in [0.3, 0.4) is 0 Å². The summed E-state index contributed by atoms with van der Waals surface area (Å²) in [6.45, 7) is 9.47. The SMILES string of the molecule is CCCCCCCCC/C=C/CCCCCCCCOC(=O)c1cccc(S(=O)(=O)[O-])c1C(=O)OCCCCCCCC/C=C/CCCCCCCCC.CCCCCCCCC/C=C/CCCCCCCCOC(=O)c1cccc(S(=O)(=O)[O-])c1C(=O)OCCCCCCCC/C=C/CCCCCCCCC.[Ca+2]. The summed E-state index contributed by atoms with van der Waals surface area (Å²) in [6.07, 6.45) is 89.3. The van der Waals surface area contributed by atoms with Crippen LogP contribution in [0.5, 0.6) is 0 Å². The number of unbranched alkanes of at least 4 members (excludes halogenated alkanes) is 52. The van der Waals surface area contributed by atoms with Gasteiger partial charge in [-0.1, -0.05) is 345 Å². The Morgan fingerprint density at radius 1 is 0.257 bits per heavy atom. The molecule has 0 radical (unpaired) electrons. The number of benzene rings is 2. The summed E-state index contributed by atoms with van der Waals surface area (Å²) in [5, 5.41) is 0. The van der Waals surface area contributed by atoms with Crippen LogP contribution in [0.2, 0.25) is 0 Å².